The van der Waals surface area contributed by atoms with E-state index in [4.69, 9.17) is 9.97 Å². The Kier molecular flexibility index (Phi) is 11.2. The topological polar surface area (TPSA) is 64.4 Å². The van der Waals surface area contributed by atoms with Crippen molar-refractivity contribution in [2.24, 2.45) is 0 Å². The predicted molar refractivity (Wildman–Crippen MR) is 342 cm³/mol. The molecule has 0 unspecified atom stereocenters. The minimum Gasteiger partial charge on any atom is -0.309 e. The van der Waals surface area contributed by atoms with Gasteiger partial charge in [-0.25, -0.2) is 9.97 Å². The van der Waals surface area contributed by atoms with E-state index in [1.807, 2.05) is 36.4 Å². The highest BCUT2D eigenvalue weighted by Gasteiger charge is 2.25. The fourth-order valence-electron chi connectivity index (χ4n) is 12.7. The van der Waals surface area contributed by atoms with Crippen LogP contribution >= 0.6 is 0 Å². The Morgan fingerprint density at radius 1 is 0.265 bits per heavy atom. The second kappa shape index (κ2) is 19.5. The Morgan fingerprint density at radius 3 is 1.11 bits per heavy atom. The number of para-hydroxylation sites is 5. The molecule has 4 aromatic heterocycles. The molecule has 16 rings (SSSR count). The summed E-state index contributed by atoms with van der Waals surface area (Å²) >= 11 is 0. The van der Waals surface area contributed by atoms with Crippen molar-refractivity contribution in [2.45, 2.75) is 0 Å². The molecule has 4 heterocycles. The molecule has 386 valence electrons. The van der Waals surface area contributed by atoms with E-state index >= 15 is 0 Å². The molecule has 0 saturated carbocycles. The van der Waals surface area contributed by atoms with E-state index in [2.05, 4.69) is 275 Å². The van der Waals surface area contributed by atoms with Gasteiger partial charge in [0.05, 0.1) is 61.8 Å². The van der Waals surface area contributed by atoms with Gasteiger partial charge in [0.25, 0.3) is 0 Å². The summed E-state index contributed by atoms with van der Waals surface area (Å²) in [7, 11) is 0. The molecule has 0 aliphatic carbocycles. The van der Waals surface area contributed by atoms with Crippen LogP contribution in [0.5, 0.6) is 0 Å². The first kappa shape index (κ1) is 47.6. The van der Waals surface area contributed by atoms with Gasteiger partial charge < -0.3 is 13.7 Å². The summed E-state index contributed by atoms with van der Waals surface area (Å²) in [6.45, 7) is 0. The molecule has 0 atom stereocenters. The first-order valence-corrected chi connectivity index (χ1v) is 28.0. The standard InChI is InChI=1S/C77H48N6/c78-49-50-37-39-51(40-38-50)54-41-42-75-67(45-54)64-31-11-16-36-74(64)83(75)76-65(55-23-17-25-58(43-55)81-70-32-12-7-27-60(70)61-28-8-13-33-71(61)81)46-57(77-79-68(52-19-3-1-4-20-52)48-69(80-77)53-21-5-2-6-22-53)47-66(76)56-24-18-26-59(44-56)82-72-34-14-9-29-62(72)63-30-10-15-35-73(63)82/h1-48H. The van der Waals surface area contributed by atoms with E-state index in [0.717, 1.165) is 122 Å². The van der Waals surface area contributed by atoms with Gasteiger partial charge in [0, 0.05) is 71.5 Å². The van der Waals surface area contributed by atoms with Crippen LogP contribution in [0, 0.1) is 11.3 Å². The van der Waals surface area contributed by atoms with E-state index in [1.54, 1.807) is 0 Å². The van der Waals surface area contributed by atoms with Crippen LogP contribution in [0.25, 0.3) is 150 Å². The van der Waals surface area contributed by atoms with Gasteiger partial charge in [-0.2, -0.15) is 5.26 Å². The zero-order chi connectivity index (χ0) is 55.0. The number of fused-ring (bicyclic) bond motifs is 9. The third-order valence-corrected chi connectivity index (χ3v) is 16.5. The molecule has 6 nitrogen and oxygen atoms in total. The maximum atomic E-state index is 9.71. The van der Waals surface area contributed by atoms with Gasteiger partial charge in [0.2, 0.25) is 0 Å². The van der Waals surface area contributed by atoms with E-state index < -0.39 is 0 Å². The van der Waals surface area contributed by atoms with E-state index in [9.17, 15) is 5.26 Å². The molecule has 16 aromatic rings. The summed E-state index contributed by atoms with van der Waals surface area (Å²) in [5.41, 5.74) is 21.2. The number of nitrogens with zero attached hydrogens (tertiary/aromatic N) is 6. The van der Waals surface area contributed by atoms with Crippen molar-refractivity contribution in [1.29, 1.82) is 5.26 Å². The summed E-state index contributed by atoms with van der Waals surface area (Å²) in [5.74, 6) is 0.616. The minimum atomic E-state index is 0.616. The molecular weight excluding hydrogens is 1010 g/mol. The number of hydrogen-bond donors (Lipinski definition) is 0. The number of aromatic nitrogens is 5. The Bertz CT molecular complexity index is 4930. The molecule has 6 heteroatoms. The van der Waals surface area contributed by atoms with Gasteiger partial charge in [-0.05, 0) is 119 Å². The fourth-order valence-corrected chi connectivity index (χ4v) is 12.7. The van der Waals surface area contributed by atoms with E-state index in [-0.39, 0.29) is 0 Å². The van der Waals surface area contributed by atoms with Crippen LogP contribution in [0.15, 0.2) is 291 Å². The highest BCUT2D eigenvalue weighted by Crippen LogP contribution is 2.46. The highest BCUT2D eigenvalue weighted by atomic mass is 15.0. The summed E-state index contributed by atoms with van der Waals surface area (Å²) in [6, 6.07) is 106. The first-order chi connectivity index (χ1) is 41.1. The van der Waals surface area contributed by atoms with Crippen LogP contribution in [0.3, 0.4) is 0 Å². The van der Waals surface area contributed by atoms with Crippen LogP contribution < -0.4 is 0 Å². The largest absolute Gasteiger partial charge is 0.309 e. The second-order valence-electron chi connectivity index (χ2n) is 21.2. The first-order valence-electron chi connectivity index (χ1n) is 28.0. The normalized spacial score (nSPS) is 11.6. The lowest BCUT2D eigenvalue weighted by Gasteiger charge is -2.22. The van der Waals surface area contributed by atoms with Crippen molar-refractivity contribution in [3.63, 3.8) is 0 Å². The minimum absolute atomic E-state index is 0.616. The van der Waals surface area contributed by atoms with Crippen molar-refractivity contribution in [1.82, 2.24) is 23.7 Å². The third kappa shape index (κ3) is 7.94. The van der Waals surface area contributed by atoms with Crippen LogP contribution in [0.4, 0.5) is 0 Å². The smallest absolute Gasteiger partial charge is 0.160 e. The second-order valence-corrected chi connectivity index (χ2v) is 21.2. The summed E-state index contributed by atoms with van der Waals surface area (Å²) in [6.07, 6.45) is 0. The Balaban J connectivity index is 1.03. The van der Waals surface area contributed by atoms with Gasteiger partial charge in [0.1, 0.15) is 0 Å². The van der Waals surface area contributed by atoms with Gasteiger partial charge in [-0.15, -0.1) is 0 Å². The third-order valence-electron chi connectivity index (χ3n) is 16.5. The fraction of sp³-hybridized carbons (Fsp3) is 0. The SMILES string of the molecule is N#Cc1ccc(-c2ccc3c(c2)c2ccccc2n3-c2c(-c3cccc(-n4c5ccccc5c5ccccc54)c3)cc(-c3nc(-c4ccccc4)cc(-c4ccccc4)n3)cc2-c2cccc(-n3c4ccccc4c4ccccc43)c2)cc1. The molecule has 0 radical (unpaired) electrons. The van der Waals surface area contributed by atoms with Crippen molar-refractivity contribution in [3.05, 3.63) is 297 Å². The molecule has 0 fully saturated rings. The lowest BCUT2D eigenvalue weighted by atomic mass is 9.91. The Labute approximate surface area is 478 Å². The lowest BCUT2D eigenvalue weighted by molar-refractivity contribution is 1.16. The van der Waals surface area contributed by atoms with Gasteiger partial charge in [-0.1, -0.05) is 194 Å². The number of hydrogen-bond acceptors (Lipinski definition) is 3. The Hall–Kier alpha value is -11.4. The average molecular weight is 1060 g/mol. The predicted octanol–water partition coefficient (Wildman–Crippen LogP) is 19.6. The zero-order valence-electron chi connectivity index (χ0n) is 44.9. The summed E-state index contributed by atoms with van der Waals surface area (Å²) in [5, 5.41) is 16.8. The van der Waals surface area contributed by atoms with Crippen molar-refractivity contribution in [3.8, 4) is 90.4 Å². The van der Waals surface area contributed by atoms with Crippen molar-refractivity contribution < 1.29 is 0 Å². The van der Waals surface area contributed by atoms with Gasteiger partial charge >= 0.3 is 0 Å². The molecule has 0 amide bonds. The number of nitriles is 1. The van der Waals surface area contributed by atoms with Gasteiger partial charge in [0.15, 0.2) is 5.82 Å². The summed E-state index contributed by atoms with van der Waals surface area (Å²) < 4.78 is 7.29. The molecule has 0 N–H and O–H groups in total. The van der Waals surface area contributed by atoms with Crippen LogP contribution in [-0.4, -0.2) is 23.7 Å². The molecule has 0 spiro atoms. The molecule has 0 aliphatic heterocycles. The summed E-state index contributed by atoms with van der Waals surface area (Å²) in [4.78, 5) is 11.0. The van der Waals surface area contributed by atoms with Crippen LogP contribution in [0.1, 0.15) is 5.56 Å². The molecule has 12 aromatic carbocycles. The molecule has 0 aliphatic rings. The zero-order valence-corrected chi connectivity index (χ0v) is 44.9. The lowest BCUT2D eigenvalue weighted by Crippen LogP contribution is -2.04. The van der Waals surface area contributed by atoms with E-state index in [0.29, 0.717) is 11.4 Å². The van der Waals surface area contributed by atoms with Gasteiger partial charge in [-0.3, -0.25) is 0 Å². The molecular formula is C77H48N6. The number of benzene rings is 12. The maximum Gasteiger partial charge on any atom is 0.160 e. The molecule has 83 heavy (non-hydrogen) atoms. The van der Waals surface area contributed by atoms with Crippen molar-refractivity contribution in [2.75, 3.05) is 0 Å². The molecule has 0 saturated heterocycles. The monoisotopic (exact) mass is 1060 g/mol. The number of rotatable bonds is 9. The highest BCUT2D eigenvalue weighted by molar-refractivity contribution is 6.13. The van der Waals surface area contributed by atoms with Crippen molar-refractivity contribution >= 4 is 65.4 Å². The average Bonchev–Trinajstić information content (AvgIpc) is 3.62. The Morgan fingerprint density at radius 2 is 0.651 bits per heavy atom. The van der Waals surface area contributed by atoms with Crippen LogP contribution in [0.2, 0.25) is 0 Å². The molecule has 0 bridgehead atoms. The maximum absolute atomic E-state index is 9.71. The quantitative estimate of drug-likeness (QED) is 0.145. The van der Waals surface area contributed by atoms with E-state index in [1.165, 1.54) is 21.5 Å². The van der Waals surface area contributed by atoms with Crippen LogP contribution in [-0.2, 0) is 0 Å².